The summed E-state index contributed by atoms with van der Waals surface area (Å²) in [6.45, 7) is 13.8. The Morgan fingerprint density at radius 3 is 2.28 bits per heavy atom. The van der Waals surface area contributed by atoms with E-state index in [1.165, 1.54) is 22.1 Å². The van der Waals surface area contributed by atoms with Gasteiger partial charge in [-0.25, -0.2) is 0 Å². The Balaban J connectivity index is 0.00000141. The zero-order valence-corrected chi connectivity index (χ0v) is 20.5. The van der Waals surface area contributed by atoms with Gasteiger partial charge in [-0.05, 0) is 42.2 Å². The molecule has 4 aromatic rings. The van der Waals surface area contributed by atoms with Gasteiger partial charge < -0.3 is 9.30 Å². The van der Waals surface area contributed by atoms with Crippen LogP contribution in [0.5, 0.6) is 5.75 Å². The molecule has 1 atom stereocenters. The summed E-state index contributed by atoms with van der Waals surface area (Å²) >= 11 is 0. The fourth-order valence-electron chi connectivity index (χ4n) is 4.39. The van der Waals surface area contributed by atoms with Crippen molar-refractivity contribution < 1.29 is 4.74 Å². The summed E-state index contributed by atoms with van der Waals surface area (Å²) in [5.74, 6) is 1.31. The Bertz CT molecular complexity index is 1140. The number of hydrogen-bond acceptors (Lipinski definition) is 2. The smallest absolute Gasteiger partial charge is 0.143 e. The molecule has 0 N–H and O–H groups in total. The fourth-order valence-corrected chi connectivity index (χ4v) is 4.39. The Labute approximate surface area is 193 Å². The average molecular weight is 429 g/mol. The van der Waals surface area contributed by atoms with Crippen LogP contribution in [-0.4, -0.2) is 16.7 Å². The maximum Gasteiger partial charge on any atom is 0.143 e. The van der Waals surface area contributed by atoms with Crippen LogP contribution in [0.15, 0.2) is 73.1 Å². The maximum absolute atomic E-state index is 5.77. The van der Waals surface area contributed by atoms with Crippen LogP contribution in [0.1, 0.15) is 57.0 Å². The molecule has 0 radical (unpaired) electrons. The number of aromatic nitrogens is 2. The van der Waals surface area contributed by atoms with Crippen LogP contribution in [0.25, 0.3) is 10.9 Å². The van der Waals surface area contributed by atoms with Gasteiger partial charge in [0.15, 0.2) is 0 Å². The average Bonchev–Trinajstić information content (AvgIpc) is 3.20. The Morgan fingerprint density at radius 1 is 0.969 bits per heavy atom. The molecule has 168 valence electrons. The first-order valence-electron chi connectivity index (χ1n) is 11.6. The summed E-state index contributed by atoms with van der Waals surface area (Å²) < 4.78 is 8.06. The molecule has 3 heteroatoms. The van der Waals surface area contributed by atoms with Crippen molar-refractivity contribution in [2.24, 2.45) is 5.92 Å². The molecule has 0 saturated heterocycles. The summed E-state index contributed by atoms with van der Waals surface area (Å²) in [6, 6.07) is 21.4. The lowest BCUT2D eigenvalue weighted by molar-refractivity contribution is 0.407. The monoisotopic (exact) mass is 428 g/mol. The first kappa shape index (κ1) is 23.6. The van der Waals surface area contributed by atoms with Crippen LogP contribution >= 0.6 is 0 Å². The van der Waals surface area contributed by atoms with Crippen molar-refractivity contribution >= 4 is 10.9 Å². The molecule has 4 rings (SSSR count). The van der Waals surface area contributed by atoms with Gasteiger partial charge in [0.2, 0.25) is 0 Å². The van der Waals surface area contributed by atoms with Crippen LogP contribution in [-0.2, 0) is 12.0 Å². The van der Waals surface area contributed by atoms with Gasteiger partial charge in [0.25, 0.3) is 0 Å². The molecule has 0 saturated carbocycles. The first-order valence-corrected chi connectivity index (χ1v) is 11.6. The van der Waals surface area contributed by atoms with Gasteiger partial charge in [-0.3, -0.25) is 4.98 Å². The number of para-hydroxylation sites is 1. The SMILES string of the molecule is CC.COc1cccc2c(C(C)(c3ccc(C)cc3)C(C)C)cn(Cc3ccccn3)c12. The van der Waals surface area contributed by atoms with Crippen LogP contribution in [0.2, 0.25) is 0 Å². The predicted molar refractivity (Wildman–Crippen MR) is 136 cm³/mol. The van der Waals surface area contributed by atoms with E-state index < -0.39 is 0 Å². The van der Waals surface area contributed by atoms with E-state index >= 15 is 0 Å². The van der Waals surface area contributed by atoms with Crippen LogP contribution in [0.4, 0.5) is 0 Å². The summed E-state index contributed by atoms with van der Waals surface area (Å²) in [4.78, 5) is 4.55. The van der Waals surface area contributed by atoms with E-state index in [9.17, 15) is 0 Å². The van der Waals surface area contributed by atoms with Gasteiger partial charge in [-0.2, -0.15) is 0 Å². The third-order valence-electron chi connectivity index (χ3n) is 6.51. The minimum absolute atomic E-state index is 0.131. The number of aryl methyl sites for hydroxylation is 1. The normalized spacial score (nSPS) is 12.9. The van der Waals surface area contributed by atoms with E-state index in [2.05, 4.69) is 85.9 Å². The highest BCUT2D eigenvalue weighted by Gasteiger charge is 2.35. The van der Waals surface area contributed by atoms with Gasteiger partial charge >= 0.3 is 0 Å². The lowest BCUT2D eigenvalue weighted by Crippen LogP contribution is -2.30. The van der Waals surface area contributed by atoms with E-state index in [-0.39, 0.29) is 5.41 Å². The van der Waals surface area contributed by atoms with Gasteiger partial charge in [0.05, 0.1) is 24.9 Å². The van der Waals surface area contributed by atoms with Crippen molar-refractivity contribution in [2.75, 3.05) is 7.11 Å². The van der Waals surface area contributed by atoms with Crippen LogP contribution < -0.4 is 4.74 Å². The fraction of sp³-hybridized carbons (Fsp3) is 0.345. The Hall–Kier alpha value is -3.07. The van der Waals surface area contributed by atoms with E-state index in [0.29, 0.717) is 12.5 Å². The van der Waals surface area contributed by atoms with Crippen molar-refractivity contribution in [1.82, 2.24) is 9.55 Å². The molecule has 1 unspecified atom stereocenters. The van der Waals surface area contributed by atoms with Gasteiger partial charge in [-0.15, -0.1) is 0 Å². The van der Waals surface area contributed by atoms with E-state index in [1.54, 1.807) is 7.11 Å². The van der Waals surface area contributed by atoms with Crippen LogP contribution in [0.3, 0.4) is 0 Å². The number of methoxy groups -OCH3 is 1. The van der Waals surface area contributed by atoms with E-state index in [0.717, 1.165) is 17.0 Å². The largest absolute Gasteiger partial charge is 0.495 e. The van der Waals surface area contributed by atoms with Crippen LogP contribution in [0, 0.1) is 12.8 Å². The molecular weight excluding hydrogens is 392 g/mol. The highest BCUT2D eigenvalue weighted by atomic mass is 16.5. The van der Waals surface area contributed by atoms with Gasteiger partial charge in [0.1, 0.15) is 5.75 Å². The summed E-state index contributed by atoms with van der Waals surface area (Å²) in [6.07, 6.45) is 4.16. The number of pyridine rings is 1. The molecule has 2 aromatic carbocycles. The first-order chi connectivity index (χ1) is 15.4. The molecule has 0 amide bonds. The summed E-state index contributed by atoms with van der Waals surface area (Å²) in [5.41, 5.74) is 5.97. The second-order valence-electron chi connectivity index (χ2n) is 8.57. The predicted octanol–water partition coefficient (Wildman–Crippen LogP) is 7.39. The number of hydrogen-bond donors (Lipinski definition) is 0. The molecule has 0 aliphatic carbocycles. The third-order valence-corrected chi connectivity index (χ3v) is 6.51. The zero-order valence-electron chi connectivity index (χ0n) is 20.5. The molecule has 2 heterocycles. The number of fused-ring (bicyclic) bond motifs is 1. The van der Waals surface area contributed by atoms with E-state index in [4.69, 9.17) is 4.74 Å². The molecule has 0 aliphatic rings. The minimum Gasteiger partial charge on any atom is -0.495 e. The van der Waals surface area contributed by atoms with Gasteiger partial charge in [0, 0.05) is 23.2 Å². The molecule has 0 aliphatic heterocycles. The number of nitrogens with zero attached hydrogens (tertiary/aromatic N) is 2. The Morgan fingerprint density at radius 2 is 1.69 bits per heavy atom. The quantitative estimate of drug-likeness (QED) is 0.320. The molecule has 0 bridgehead atoms. The van der Waals surface area contributed by atoms with E-state index in [1.807, 2.05) is 38.2 Å². The molecule has 32 heavy (non-hydrogen) atoms. The molecule has 2 aromatic heterocycles. The lowest BCUT2D eigenvalue weighted by Gasteiger charge is -2.35. The van der Waals surface area contributed by atoms with Crippen molar-refractivity contribution in [3.63, 3.8) is 0 Å². The second kappa shape index (κ2) is 10.0. The molecular formula is C29H36N2O. The molecule has 0 spiro atoms. The van der Waals surface area contributed by atoms with Gasteiger partial charge in [-0.1, -0.05) is 82.6 Å². The highest BCUT2D eigenvalue weighted by Crippen LogP contribution is 2.44. The lowest BCUT2D eigenvalue weighted by atomic mass is 9.68. The zero-order chi connectivity index (χ0) is 23.3. The third kappa shape index (κ3) is 4.29. The summed E-state index contributed by atoms with van der Waals surface area (Å²) in [7, 11) is 1.74. The minimum atomic E-state index is -0.131. The van der Waals surface area contributed by atoms with Crippen molar-refractivity contribution in [1.29, 1.82) is 0 Å². The standard InChI is InChI=1S/C27H30N2O.C2H6/c1-19(2)27(4,21-14-12-20(3)13-15-21)24-18-29(17-22-9-6-7-16-28-22)26-23(24)10-8-11-25(26)30-5;1-2/h6-16,18-19H,17H2,1-5H3;1-2H3. The number of rotatable bonds is 6. The maximum atomic E-state index is 5.77. The topological polar surface area (TPSA) is 27.1 Å². The van der Waals surface area contributed by atoms with Crippen molar-refractivity contribution in [3.05, 3.63) is 95.4 Å². The summed E-state index contributed by atoms with van der Waals surface area (Å²) in [5, 5.41) is 1.24. The number of benzene rings is 2. The van der Waals surface area contributed by atoms with Crippen molar-refractivity contribution in [3.8, 4) is 5.75 Å². The Kier molecular flexibility index (Phi) is 7.40. The number of ether oxygens (including phenoxy) is 1. The van der Waals surface area contributed by atoms with Crippen molar-refractivity contribution in [2.45, 2.75) is 53.5 Å². The molecule has 0 fully saturated rings. The second-order valence-corrected chi connectivity index (χ2v) is 8.57. The molecule has 3 nitrogen and oxygen atoms in total. The highest BCUT2D eigenvalue weighted by molar-refractivity contribution is 5.90.